The molecule has 0 fully saturated rings. The standard InChI is InChI=1S/C8H11F2N3O3S/c9-8(10)6(14)4-13-17(15,16)5-1-2-7(11)12-3-5/h1-3,6,8,13-14H,4H2,(H2,11,12). The number of anilines is 1. The van der Waals surface area contributed by atoms with E-state index in [2.05, 4.69) is 4.98 Å². The van der Waals surface area contributed by atoms with Crippen molar-refractivity contribution in [1.29, 1.82) is 0 Å². The minimum Gasteiger partial charge on any atom is -0.386 e. The molecule has 17 heavy (non-hydrogen) atoms. The van der Waals surface area contributed by atoms with Gasteiger partial charge in [-0.1, -0.05) is 0 Å². The maximum absolute atomic E-state index is 11.9. The molecule has 1 aromatic rings. The van der Waals surface area contributed by atoms with Crippen molar-refractivity contribution in [2.45, 2.75) is 17.4 Å². The van der Waals surface area contributed by atoms with Gasteiger partial charge in [0.25, 0.3) is 6.43 Å². The number of sulfonamides is 1. The minimum absolute atomic E-state index is 0.136. The first-order valence-corrected chi connectivity index (χ1v) is 5.98. The Hall–Kier alpha value is -1.32. The van der Waals surface area contributed by atoms with Crippen LogP contribution in [0.1, 0.15) is 0 Å². The monoisotopic (exact) mass is 267 g/mol. The van der Waals surface area contributed by atoms with Gasteiger partial charge in [-0.15, -0.1) is 0 Å². The number of nitrogens with one attached hydrogen (secondary N) is 1. The van der Waals surface area contributed by atoms with Crippen LogP contribution in [0.15, 0.2) is 23.2 Å². The van der Waals surface area contributed by atoms with Crippen molar-refractivity contribution in [1.82, 2.24) is 9.71 Å². The lowest BCUT2D eigenvalue weighted by Crippen LogP contribution is -2.35. The summed E-state index contributed by atoms with van der Waals surface area (Å²) in [6.07, 6.45) is -4.07. The zero-order chi connectivity index (χ0) is 13.1. The molecule has 1 aromatic heterocycles. The summed E-state index contributed by atoms with van der Waals surface area (Å²) in [5.41, 5.74) is 5.27. The molecule has 0 saturated heterocycles. The summed E-state index contributed by atoms with van der Waals surface area (Å²) < 4.78 is 48.8. The smallest absolute Gasteiger partial charge is 0.265 e. The first kappa shape index (κ1) is 13.7. The van der Waals surface area contributed by atoms with Crippen LogP contribution in [0.4, 0.5) is 14.6 Å². The van der Waals surface area contributed by atoms with Crippen molar-refractivity contribution in [3.8, 4) is 0 Å². The van der Waals surface area contributed by atoms with Gasteiger partial charge in [-0.2, -0.15) is 0 Å². The van der Waals surface area contributed by atoms with Crippen molar-refractivity contribution < 1.29 is 22.3 Å². The molecule has 0 spiro atoms. The number of alkyl halides is 2. The van der Waals surface area contributed by atoms with E-state index < -0.39 is 29.1 Å². The van der Waals surface area contributed by atoms with Gasteiger partial charge in [-0.3, -0.25) is 0 Å². The summed E-state index contributed by atoms with van der Waals surface area (Å²) in [7, 11) is -3.97. The molecule has 0 aromatic carbocycles. The van der Waals surface area contributed by atoms with Crippen molar-refractivity contribution >= 4 is 15.8 Å². The summed E-state index contributed by atoms with van der Waals surface area (Å²) in [5, 5.41) is 8.77. The van der Waals surface area contributed by atoms with Crippen molar-refractivity contribution in [3.05, 3.63) is 18.3 Å². The zero-order valence-electron chi connectivity index (χ0n) is 8.55. The third kappa shape index (κ3) is 3.88. The third-order valence-electron chi connectivity index (χ3n) is 1.84. The van der Waals surface area contributed by atoms with Crippen molar-refractivity contribution in [2.24, 2.45) is 0 Å². The number of nitrogen functional groups attached to an aromatic ring is 1. The number of hydrogen-bond donors (Lipinski definition) is 3. The van der Waals surface area contributed by atoms with Crippen molar-refractivity contribution in [2.75, 3.05) is 12.3 Å². The summed E-state index contributed by atoms with van der Waals surface area (Å²) in [6.45, 7) is -0.773. The highest BCUT2D eigenvalue weighted by molar-refractivity contribution is 7.89. The lowest BCUT2D eigenvalue weighted by molar-refractivity contribution is -0.000451. The maximum Gasteiger partial charge on any atom is 0.265 e. The highest BCUT2D eigenvalue weighted by Crippen LogP contribution is 2.09. The lowest BCUT2D eigenvalue weighted by Gasteiger charge is -2.11. The van der Waals surface area contributed by atoms with Gasteiger partial charge < -0.3 is 10.8 Å². The molecule has 0 saturated carbocycles. The summed E-state index contributed by atoms with van der Waals surface area (Å²) in [5.74, 6) is 0.136. The van der Waals surface area contributed by atoms with Gasteiger partial charge in [-0.05, 0) is 12.1 Å². The zero-order valence-corrected chi connectivity index (χ0v) is 9.36. The Morgan fingerprint density at radius 2 is 2.12 bits per heavy atom. The van der Waals surface area contributed by atoms with Gasteiger partial charge in [0, 0.05) is 12.7 Å². The molecule has 6 nitrogen and oxygen atoms in total. The average molecular weight is 267 g/mol. The number of nitrogens with zero attached hydrogens (tertiary/aromatic N) is 1. The van der Waals surface area contributed by atoms with E-state index in [9.17, 15) is 17.2 Å². The van der Waals surface area contributed by atoms with Gasteiger partial charge in [0.05, 0.1) is 0 Å². The molecule has 4 N–H and O–H groups in total. The molecular weight excluding hydrogens is 256 g/mol. The normalized spacial score (nSPS) is 13.9. The second kappa shape index (κ2) is 5.34. The van der Waals surface area contributed by atoms with Gasteiger partial charge in [-0.25, -0.2) is 26.9 Å². The number of halogens is 2. The largest absolute Gasteiger partial charge is 0.386 e. The van der Waals surface area contributed by atoms with Gasteiger partial charge >= 0.3 is 0 Å². The molecule has 0 bridgehead atoms. The fraction of sp³-hybridized carbons (Fsp3) is 0.375. The van der Waals surface area contributed by atoms with E-state index >= 15 is 0 Å². The van der Waals surface area contributed by atoms with Crippen LogP contribution in [0, 0.1) is 0 Å². The van der Waals surface area contributed by atoms with E-state index in [-0.39, 0.29) is 10.7 Å². The fourth-order valence-electron chi connectivity index (χ4n) is 0.918. The topological polar surface area (TPSA) is 105 Å². The number of rotatable bonds is 5. The molecule has 1 atom stereocenters. The minimum atomic E-state index is -3.97. The van der Waals surface area contributed by atoms with Gasteiger partial charge in [0.2, 0.25) is 10.0 Å². The molecule has 0 aliphatic carbocycles. The van der Waals surface area contributed by atoms with Crippen LogP contribution in [0.3, 0.4) is 0 Å². The van der Waals surface area contributed by atoms with Crippen LogP contribution >= 0.6 is 0 Å². The van der Waals surface area contributed by atoms with Crippen LogP contribution in [0.5, 0.6) is 0 Å². The molecule has 1 rings (SSSR count). The van der Waals surface area contributed by atoms with Gasteiger partial charge in [0.1, 0.15) is 16.8 Å². The SMILES string of the molecule is Nc1ccc(S(=O)(=O)NCC(O)C(F)F)cn1. The molecule has 1 heterocycles. The van der Waals surface area contributed by atoms with E-state index in [1.165, 1.54) is 12.1 Å². The number of aromatic nitrogens is 1. The van der Waals surface area contributed by atoms with Crippen molar-refractivity contribution in [3.63, 3.8) is 0 Å². The highest BCUT2D eigenvalue weighted by atomic mass is 32.2. The van der Waals surface area contributed by atoms with E-state index in [1.54, 1.807) is 0 Å². The summed E-state index contributed by atoms with van der Waals surface area (Å²) >= 11 is 0. The van der Waals surface area contributed by atoms with Crippen LogP contribution in [-0.2, 0) is 10.0 Å². The predicted molar refractivity (Wildman–Crippen MR) is 55.8 cm³/mol. The van der Waals surface area contributed by atoms with E-state index in [0.717, 1.165) is 6.20 Å². The number of nitrogens with two attached hydrogens (primary N) is 1. The Bertz CT molecular complexity index is 463. The van der Waals surface area contributed by atoms with Gasteiger partial charge in [0.15, 0.2) is 0 Å². The third-order valence-corrected chi connectivity index (χ3v) is 3.25. The second-order valence-electron chi connectivity index (χ2n) is 3.17. The Balaban J connectivity index is 2.72. The van der Waals surface area contributed by atoms with Crippen LogP contribution in [0.2, 0.25) is 0 Å². The van der Waals surface area contributed by atoms with E-state index in [4.69, 9.17) is 10.8 Å². The quantitative estimate of drug-likeness (QED) is 0.671. The van der Waals surface area contributed by atoms with Crippen LogP contribution < -0.4 is 10.5 Å². The Labute approximate surface area is 96.5 Å². The predicted octanol–water partition coefficient (Wildman–Crippen LogP) is -0.432. The maximum atomic E-state index is 11.9. The van der Waals surface area contributed by atoms with Crippen LogP contribution in [0.25, 0.3) is 0 Å². The van der Waals surface area contributed by atoms with E-state index in [1.807, 2.05) is 4.72 Å². The number of aliphatic hydroxyl groups is 1. The molecule has 9 heteroatoms. The molecule has 1 unspecified atom stereocenters. The summed E-state index contributed by atoms with van der Waals surface area (Å²) in [4.78, 5) is 3.34. The summed E-state index contributed by atoms with van der Waals surface area (Å²) in [6, 6.07) is 2.44. The average Bonchev–Trinajstić information content (AvgIpc) is 2.26. The molecule has 0 aliphatic heterocycles. The Morgan fingerprint density at radius 3 is 2.59 bits per heavy atom. The lowest BCUT2D eigenvalue weighted by atomic mass is 10.4. The fourth-order valence-corrected chi connectivity index (χ4v) is 1.91. The molecule has 0 aliphatic rings. The second-order valence-corrected chi connectivity index (χ2v) is 4.94. The first-order valence-electron chi connectivity index (χ1n) is 4.50. The molecule has 0 radical (unpaired) electrons. The van der Waals surface area contributed by atoms with Crippen LogP contribution in [-0.4, -0.2) is 37.6 Å². The molecule has 0 amide bonds. The number of pyridine rings is 1. The Morgan fingerprint density at radius 1 is 1.47 bits per heavy atom. The Kier molecular flexibility index (Phi) is 4.32. The number of aliphatic hydroxyl groups excluding tert-OH is 1. The molecular formula is C8H11F2N3O3S. The molecule has 96 valence electrons. The first-order chi connectivity index (χ1) is 7.83. The highest BCUT2D eigenvalue weighted by Gasteiger charge is 2.21. The van der Waals surface area contributed by atoms with E-state index in [0.29, 0.717) is 0 Å². The number of hydrogen-bond acceptors (Lipinski definition) is 5.